The van der Waals surface area contributed by atoms with Crippen LogP contribution in [0.4, 0.5) is 11.4 Å². The fourth-order valence-electron chi connectivity index (χ4n) is 2.28. The van der Waals surface area contributed by atoms with E-state index in [0.29, 0.717) is 0 Å². The van der Waals surface area contributed by atoms with Gasteiger partial charge in [0.1, 0.15) is 6.23 Å². The topological polar surface area (TPSA) is 12.5 Å². The smallest absolute Gasteiger partial charge is 0.131 e. The molecule has 1 aliphatic rings. The molecule has 1 atom stereocenters. The van der Waals surface area contributed by atoms with Crippen molar-refractivity contribution in [2.24, 2.45) is 0 Å². The molecule has 0 saturated heterocycles. The molecule has 0 amide bonds. The number of fused-ring (bicyclic) bond motifs is 2. The van der Waals surface area contributed by atoms with Crippen LogP contribution in [0.2, 0.25) is 0 Å². The average molecular weight is 415 g/mol. The van der Waals surface area contributed by atoms with Gasteiger partial charge in [-0.05, 0) is 43.3 Å². The monoisotopic (exact) mass is 413 g/mol. The zero-order valence-corrected chi connectivity index (χ0v) is 15.0. The molecule has 5 heteroatoms. The second kappa shape index (κ2) is 5.72. The number of halogens is 2. The van der Waals surface area contributed by atoms with E-state index in [1.54, 1.807) is 18.9 Å². The molecule has 0 saturated carbocycles. The van der Waals surface area contributed by atoms with E-state index in [1.165, 1.54) is 21.2 Å². The number of methoxy groups -OCH3 is 1. The SMILES string of the molecule is COC(C)N1c2ccc(Br)cc2Sc2cc(Br)ccc21. The third-order valence-electron chi connectivity index (χ3n) is 3.29. The molecule has 3 rings (SSSR count). The van der Waals surface area contributed by atoms with Crippen molar-refractivity contribution in [3.63, 3.8) is 0 Å². The van der Waals surface area contributed by atoms with E-state index in [-0.39, 0.29) is 6.23 Å². The van der Waals surface area contributed by atoms with Gasteiger partial charge in [0, 0.05) is 25.8 Å². The molecule has 2 nitrogen and oxygen atoms in total. The molecule has 1 heterocycles. The Bertz CT molecular complexity index is 611. The van der Waals surface area contributed by atoms with Crippen LogP contribution in [0.3, 0.4) is 0 Å². The summed E-state index contributed by atoms with van der Waals surface area (Å²) in [4.78, 5) is 4.70. The first-order valence-electron chi connectivity index (χ1n) is 6.19. The van der Waals surface area contributed by atoms with Crippen molar-refractivity contribution in [2.75, 3.05) is 12.0 Å². The van der Waals surface area contributed by atoms with Crippen molar-refractivity contribution in [3.05, 3.63) is 45.3 Å². The lowest BCUT2D eigenvalue weighted by molar-refractivity contribution is 0.123. The van der Waals surface area contributed by atoms with Crippen LogP contribution in [0.5, 0.6) is 0 Å². The fourth-order valence-corrected chi connectivity index (χ4v) is 4.46. The summed E-state index contributed by atoms with van der Waals surface area (Å²) in [6, 6.07) is 12.7. The Balaban J connectivity index is 2.19. The van der Waals surface area contributed by atoms with Crippen LogP contribution in [-0.2, 0) is 4.74 Å². The number of rotatable bonds is 2. The van der Waals surface area contributed by atoms with Crippen LogP contribution >= 0.6 is 43.6 Å². The van der Waals surface area contributed by atoms with Gasteiger partial charge >= 0.3 is 0 Å². The Morgan fingerprint density at radius 1 is 1.00 bits per heavy atom. The van der Waals surface area contributed by atoms with Crippen molar-refractivity contribution in [1.82, 2.24) is 0 Å². The fraction of sp³-hybridized carbons (Fsp3) is 0.200. The van der Waals surface area contributed by atoms with Gasteiger partial charge in [0.05, 0.1) is 11.4 Å². The van der Waals surface area contributed by atoms with E-state index >= 15 is 0 Å². The summed E-state index contributed by atoms with van der Waals surface area (Å²) < 4.78 is 7.74. The van der Waals surface area contributed by atoms with Gasteiger partial charge in [-0.3, -0.25) is 0 Å². The van der Waals surface area contributed by atoms with Crippen molar-refractivity contribution in [1.29, 1.82) is 0 Å². The molecule has 0 aliphatic carbocycles. The molecule has 0 aromatic heterocycles. The molecule has 104 valence electrons. The maximum Gasteiger partial charge on any atom is 0.131 e. The van der Waals surface area contributed by atoms with Crippen molar-refractivity contribution in [3.8, 4) is 0 Å². The quantitative estimate of drug-likeness (QED) is 0.615. The first-order valence-corrected chi connectivity index (χ1v) is 8.59. The molecule has 0 radical (unpaired) electrons. The third kappa shape index (κ3) is 2.52. The van der Waals surface area contributed by atoms with E-state index in [0.717, 1.165) is 8.95 Å². The number of anilines is 2. The van der Waals surface area contributed by atoms with Gasteiger partial charge in [-0.2, -0.15) is 0 Å². The third-order valence-corrected chi connectivity index (χ3v) is 5.37. The summed E-state index contributed by atoms with van der Waals surface area (Å²) >= 11 is 8.88. The lowest BCUT2D eigenvalue weighted by Crippen LogP contribution is -2.31. The highest BCUT2D eigenvalue weighted by atomic mass is 79.9. The first kappa shape index (κ1) is 14.4. The first-order chi connectivity index (χ1) is 9.60. The summed E-state index contributed by atoms with van der Waals surface area (Å²) in [5.41, 5.74) is 2.37. The summed E-state index contributed by atoms with van der Waals surface area (Å²) in [7, 11) is 1.74. The molecule has 2 aromatic rings. The second-order valence-corrected chi connectivity index (χ2v) is 7.45. The van der Waals surface area contributed by atoms with E-state index in [1.807, 2.05) is 0 Å². The number of benzene rings is 2. The van der Waals surface area contributed by atoms with Gasteiger partial charge in [0.2, 0.25) is 0 Å². The number of hydrogen-bond acceptors (Lipinski definition) is 3. The zero-order valence-electron chi connectivity index (χ0n) is 11.1. The molecule has 0 bridgehead atoms. The lowest BCUT2D eigenvalue weighted by Gasteiger charge is -2.36. The average Bonchev–Trinajstić information content (AvgIpc) is 2.43. The minimum absolute atomic E-state index is 0.0178. The Hall–Kier alpha value is -0.490. The Kier molecular flexibility index (Phi) is 4.13. The van der Waals surface area contributed by atoms with Crippen molar-refractivity contribution in [2.45, 2.75) is 22.9 Å². The summed E-state index contributed by atoms with van der Waals surface area (Å²) in [6.45, 7) is 2.06. The minimum atomic E-state index is -0.0178. The largest absolute Gasteiger partial charge is 0.362 e. The van der Waals surface area contributed by atoms with E-state index in [2.05, 4.69) is 80.1 Å². The van der Waals surface area contributed by atoms with E-state index < -0.39 is 0 Å². The molecular weight excluding hydrogens is 402 g/mol. The van der Waals surface area contributed by atoms with Crippen LogP contribution in [-0.4, -0.2) is 13.3 Å². The molecule has 0 fully saturated rings. The van der Waals surface area contributed by atoms with Crippen molar-refractivity contribution < 1.29 is 4.74 Å². The van der Waals surface area contributed by atoms with Gasteiger partial charge in [0.15, 0.2) is 0 Å². The van der Waals surface area contributed by atoms with Crippen LogP contribution in [0, 0.1) is 0 Å². The number of nitrogens with zero attached hydrogens (tertiary/aromatic N) is 1. The van der Waals surface area contributed by atoms with Crippen LogP contribution < -0.4 is 4.90 Å². The van der Waals surface area contributed by atoms with Crippen LogP contribution in [0.25, 0.3) is 0 Å². The summed E-state index contributed by atoms with van der Waals surface area (Å²) in [5.74, 6) is 0. The van der Waals surface area contributed by atoms with E-state index in [4.69, 9.17) is 4.74 Å². The highest BCUT2D eigenvalue weighted by molar-refractivity contribution is 9.10. The van der Waals surface area contributed by atoms with Crippen LogP contribution in [0.1, 0.15) is 6.92 Å². The zero-order chi connectivity index (χ0) is 14.3. The second-order valence-electron chi connectivity index (χ2n) is 4.53. The predicted octanol–water partition coefficient (Wildman–Crippen LogP) is 5.81. The van der Waals surface area contributed by atoms with Gasteiger partial charge in [-0.25, -0.2) is 0 Å². The van der Waals surface area contributed by atoms with Crippen molar-refractivity contribution >= 4 is 55.0 Å². The maximum absolute atomic E-state index is 5.56. The predicted molar refractivity (Wildman–Crippen MR) is 91.0 cm³/mol. The summed E-state index contributed by atoms with van der Waals surface area (Å²) in [6.07, 6.45) is -0.0178. The van der Waals surface area contributed by atoms with Gasteiger partial charge in [-0.15, -0.1) is 0 Å². The molecule has 2 aromatic carbocycles. The molecule has 20 heavy (non-hydrogen) atoms. The Morgan fingerprint density at radius 3 is 1.95 bits per heavy atom. The molecule has 1 aliphatic heterocycles. The highest BCUT2D eigenvalue weighted by Crippen LogP contribution is 2.50. The Labute approximate surface area is 139 Å². The van der Waals surface area contributed by atoms with Gasteiger partial charge < -0.3 is 9.64 Å². The summed E-state index contributed by atoms with van der Waals surface area (Å²) in [5, 5.41) is 0. The highest BCUT2D eigenvalue weighted by Gasteiger charge is 2.27. The Morgan fingerprint density at radius 2 is 1.50 bits per heavy atom. The maximum atomic E-state index is 5.56. The normalized spacial score (nSPS) is 14.7. The lowest BCUT2D eigenvalue weighted by atomic mass is 10.2. The standard InChI is InChI=1S/C15H13Br2NOS/c1-9(19-2)18-12-5-3-10(16)7-14(12)20-15-8-11(17)4-6-13(15)18/h3-9H,1-2H3. The molecule has 0 spiro atoms. The molecule has 1 unspecified atom stereocenters. The van der Waals surface area contributed by atoms with E-state index in [9.17, 15) is 0 Å². The minimum Gasteiger partial charge on any atom is -0.362 e. The number of ether oxygens (including phenoxy) is 1. The van der Waals surface area contributed by atoms with Crippen LogP contribution in [0.15, 0.2) is 55.1 Å². The number of hydrogen-bond donors (Lipinski definition) is 0. The molecular formula is C15H13Br2NOS. The molecule has 0 N–H and O–H groups in total. The van der Waals surface area contributed by atoms with Gasteiger partial charge in [-0.1, -0.05) is 43.6 Å². The van der Waals surface area contributed by atoms with Gasteiger partial charge in [0.25, 0.3) is 0 Å².